The van der Waals surface area contributed by atoms with Gasteiger partial charge in [0.15, 0.2) is 11.6 Å². The molecule has 7 heterocycles. The van der Waals surface area contributed by atoms with E-state index in [0.717, 1.165) is 86.2 Å². The second-order valence-electron chi connectivity index (χ2n) is 18.5. The number of hydrogen-bond acceptors (Lipinski definition) is 14. The Morgan fingerprint density at radius 3 is 2.42 bits per heavy atom. The molecule has 1 aliphatic carbocycles. The molecule has 4 aliphatic heterocycles. The summed E-state index contributed by atoms with van der Waals surface area (Å²) in [5, 5.41) is 20.6. The minimum Gasteiger partial charge on any atom is -0.495 e. The number of aromatic nitrogens is 7. The van der Waals surface area contributed by atoms with Crippen molar-refractivity contribution in [3.63, 3.8) is 0 Å². The lowest BCUT2D eigenvalue weighted by Gasteiger charge is -2.43. The summed E-state index contributed by atoms with van der Waals surface area (Å²) in [4.78, 5) is 70.8. The van der Waals surface area contributed by atoms with Crippen molar-refractivity contribution in [2.24, 2.45) is 5.92 Å². The van der Waals surface area contributed by atoms with Crippen molar-refractivity contribution in [1.29, 1.82) is 0 Å². The SMILES string of the molecule is CC[C@@H]1c2nnc(C)n2-c2cnc(Nc3ccc(C(=O)N4CCC(N5CCN(c6ccc7c(=O)n(C8CCC(=O)NC8=O)nc(C)c7c6)CC5)CC4)cc3OC)nc2N1CC1CCCCC1. The minimum atomic E-state index is -0.801. The number of benzene rings is 2. The van der Waals surface area contributed by atoms with E-state index in [4.69, 9.17) is 14.7 Å². The zero-order valence-corrected chi connectivity index (χ0v) is 38.3. The molecule has 346 valence electrons. The average molecular weight is 898 g/mol. The normalized spacial score (nSPS) is 20.9. The lowest BCUT2D eigenvalue weighted by atomic mass is 9.88. The van der Waals surface area contributed by atoms with Gasteiger partial charge in [0.25, 0.3) is 17.4 Å². The minimum absolute atomic E-state index is 0.0119. The van der Waals surface area contributed by atoms with Crippen LogP contribution in [0, 0.1) is 19.8 Å². The molecule has 1 unspecified atom stereocenters. The van der Waals surface area contributed by atoms with Crippen LogP contribution < -0.4 is 30.7 Å². The largest absolute Gasteiger partial charge is 0.495 e. The highest BCUT2D eigenvalue weighted by Crippen LogP contribution is 2.41. The van der Waals surface area contributed by atoms with Crippen molar-refractivity contribution >= 4 is 51.6 Å². The van der Waals surface area contributed by atoms with Crippen molar-refractivity contribution in [2.75, 3.05) is 68.0 Å². The molecule has 2 atom stereocenters. The van der Waals surface area contributed by atoms with Gasteiger partial charge in [0.05, 0.1) is 36.1 Å². The third-order valence-corrected chi connectivity index (χ3v) is 14.6. The summed E-state index contributed by atoms with van der Waals surface area (Å²) < 4.78 is 9.18. The zero-order chi connectivity index (χ0) is 45.6. The maximum absolute atomic E-state index is 13.9. The van der Waals surface area contributed by atoms with Gasteiger partial charge in [-0.25, -0.2) is 9.67 Å². The number of carbonyl (C=O) groups is 3. The van der Waals surface area contributed by atoms with Crippen LogP contribution in [0.5, 0.6) is 5.75 Å². The van der Waals surface area contributed by atoms with Crippen molar-refractivity contribution in [3.05, 3.63) is 75.9 Å². The number of hydrogen-bond donors (Lipinski definition) is 2. The summed E-state index contributed by atoms with van der Waals surface area (Å²) in [6.45, 7) is 11.7. The number of fused-ring (bicyclic) bond motifs is 4. The number of aryl methyl sites for hydroxylation is 2. The first-order valence-electron chi connectivity index (χ1n) is 23.7. The van der Waals surface area contributed by atoms with Crippen molar-refractivity contribution < 1.29 is 19.1 Å². The number of nitrogens with zero attached hydrogens (tertiary/aromatic N) is 11. The molecule has 3 aromatic heterocycles. The standard InChI is InChI=1S/C48H59N13O5/c1-5-38-44-54-53-30(3)60(44)40-27-49-48(52-43(40)59(38)28-31-9-7-6-8-10-31)50-37-14-11-32(25-41(37)66-4)46(64)58-19-17-33(18-20-58)56-21-23-57(24-22-56)34-12-13-35-36(26-34)29(2)55-61(47(35)65)39-15-16-42(62)51-45(39)63/h11-14,25-27,31,33,38-39H,5-10,15-24,28H2,1-4H3,(H,49,50,52)(H,51,62,63)/t38-,39?/m1/s1. The molecule has 66 heavy (non-hydrogen) atoms. The number of rotatable bonds is 10. The Morgan fingerprint density at radius 2 is 1.68 bits per heavy atom. The first kappa shape index (κ1) is 43.5. The molecule has 0 spiro atoms. The fraction of sp³-hybridized carbons (Fsp3) is 0.521. The highest BCUT2D eigenvalue weighted by Gasteiger charge is 2.37. The van der Waals surface area contributed by atoms with E-state index in [1.165, 1.54) is 36.8 Å². The van der Waals surface area contributed by atoms with Crippen LogP contribution in [0.25, 0.3) is 16.5 Å². The van der Waals surface area contributed by atoms with E-state index in [-0.39, 0.29) is 36.3 Å². The van der Waals surface area contributed by atoms with Crippen molar-refractivity contribution in [2.45, 2.75) is 103 Å². The van der Waals surface area contributed by atoms with E-state index in [1.54, 1.807) is 7.11 Å². The number of amides is 3. The van der Waals surface area contributed by atoms with Crippen LogP contribution in [0.1, 0.15) is 111 Å². The van der Waals surface area contributed by atoms with Crippen LogP contribution in [-0.4, -0.2) is 121 Å². The molecule has 18 heteroatoms. The molecule has 10 rings (SSSR count). The van der Waals surface area contributed by atoms with Gasteiger partial charge in [-0.05, 0) is 94.7 Å². The molecule has 5 aliphatic rings. The van der Waals surface area contributed by atoms with Gasteiger partial charge in [0.2, 0.25) is 11.9 Å². The number of carbonyl (C=O) groups excluding carboxylic acids is 3. The van der Waals surface area contributed by atoms with Crippen molar-refractivity contribution in [1.82, 2.24) is 49.6 Å². The first-order chi connectivity index (χ1) is 32.1. The smallest absolute Gasteiger partial charge is 0.275 e. The lowest BCUT2D eigenvalue weighted by molar-refractivity contribution is -0.136. The fourth-order valence-corrected chi connectivity index (χ4v) is 11.0. The van der Waals surface area contributed by atoms with E-state index < -0.39 is 11.9 Å². The molecular formula is C48H59N13O5. The van der Waals surface area contributed by atoms with E-state index in [9.17, 15) is 19.2 Å². The van der Waals surface area contributed by atoms with Crippen LogP contribution in [-0.2, 0) is 9.59 Å². The molecule has 4 fully saturated rings. The molecule has 0 radical (unpaired) electrons. The Bertz CT molecular complexity index is 2730. The fourth-order valence-electron chi connectivity index (χ4n) is 11.0. The second-order valence-corrected chi connectivity index (χ2v) is 18.5. The number of imide groups is 1. The number of piperidine rings is 2. The number of ether oxygens (including phenoxy) is 1. The predicted molar refractivity (Wildman–Crippen MR) is 250 cm³/mol. The lowest BCUT2D eigenvalue weighted by Crippen LogP contribution is -2.53. The van der Waals surface area contributed by atoms with Crippen LogP contribution in [0.4, 0.5) is 23.1 Å². The zero-order valence-electron chi connectivity index (χ0n) is 38.3. The highest BCUT2D eigenvalue weighted by atomic mass is 16.5. The van der Waals surface area contributed by atoms with Gasteiger partial charge in [-0.2, -0.15) is 10.1 Å². The Kier molecular flexibility index (Phi) is 11.9. The third kappa shape index (κ3) is 8.13. The van der Waals surface area contributed by atoms with E-state index in [2.05, 4.69) is 52.1 Å². The number of nitrogens with one attached hydrogen (secondary N) is 2. The van der Waals surface area contributed by atoms with Crippen LogP contribution >= 0.6 is 0 Å². The average Bonchev–Trinajstić information content (AvgIpc) is 3.73. The Balaban J connectivity index is 0.764. The molecule has 0 bridgehead atoms. The summed E-state index contributed by atoms with van der Waals surface area (Å²) in [5.41, 5.74) is 3.50. The number of anilines is 4. The monoisotopic (exact) mass is 897 g/mol. The molecule has 2 N–H and O–H groups in total. The van der Waals surface area contributed by atoms with E-state index in [1.807, 2.05) is 61.3 Å². The maximum atomic E-state index is 13.9. The van der Waals surface area contributed by atoms with Gasteiger partial charge in [-0.15, -0.1) is 10.2 Å². The van der Waals surface area contributed by atoms with E-state index in [0.29, 0.717) is 59.1 Å². The molecule has 1 saturated carbocycles. The second kappa shape index (κ2) is 18.1. The summed E-state index contributed by atoms with van der Waals surface area (Å²) in [7, 11) is 1.61. The third-order valence-electron chi connectivity index (χ3n) is 14.6. The summed E-state index contributed by atoms with van der Waals surface area (Å²) in [6, 6.07) is 11.0. The maximum Gasteiger partial charge on any atom is 0.275 e. The predicted octanol–water partition coefficient (Wildman–Crippen LogP) is 5.39. The molecule has 2 aromatic carbocycles. The molecule has 5 aromatic rings. The summed E-state index contributed by atoms with van der Waals surface area (Å²) in [5.74, 6) is 3.39. The van der Waals surface area contributed by atoms with Gasteiger partial charge in [0, 0.05) is 74.9 Å². The van der Waals surface area contributed by atoms with Gasteiger partial charge in [-0.1, -0.05) is 26.2 Å². The van der Waals surface area contributed by atoms with E-state index >= 15 is 0 Å². The van der Waals surface area contributed by atoms with Crippen LogP contribution in [0.3, 0.4) is 0 Å². The summed E-state index contributed by atoms with van der Waals surface area (Å²) >= 11 is 0. The number of likely N-dealkylation sites (tertiary alicyclic amines) is 1. The highest BCUT2D eigenvalue weighted by molar-refractivity contribution is 5.99. The molecular weight excluding hydrogens is 839 g/mol. The Morgan fingerprint density at radius 1 is 0.894 bits per heavy atom. The van der Waals surface area contributed by atoms with Gasteiger partial charge in [-0.3, -0.25) is 34.0 Å². The first-order valence-corrected chi connectivity index (χ1v) is 23.7. The molecule has 18 nitrogen and oxygen atoms in total. The van der Waals surface area contributed by atoms with Gasteiger partial charge in [0.1, 0.15) is 23.3 Å². The number of methoxy groups -OCH3 is 1. The molecule has 3 amide bonds. The molecule has 3 saturated heterocycles. The van der Waals surface area contributed by atoms with Crippen LogP contribution in [0.15, 0.2) is 47.4 Å². The topological polar surface area (TPSA) is 189 Å². The van der Waals surface area contributed by atoms with Crippen molar-refractivity contribution in [3.8, 4) is 11.4 Å². The van der Waals surface area contributed by atoms with Crippen LogP contribution in [0.2, 0.25) is 0 Å². The van der Waals surface area contributed by atoms with Gasteiger partial charge < -0.3 is 24.8 Å². The quantitative estimate of drug-likeness (QED) is 0.170. The van der Waals surface area contributed by atoms with Gasteiger partial charge >= 0.3 is 0 Å². The Hall–Kier alpha value is -6.43. The number of piperazine rings is 1. The summed E-state index contributed by atoms with van der Waals surface area (Å²) in [6.07, 6.45) is 11.2. The Labute approximate surface area is 383 Å².